The van der Waals surface area contributed by atoms with Crippen LogP contribution in [-0.4, -0.2) is 60.8 Å². The Labute approximate surface area is 184 Å². The van der Waals surface area contributed by atoms with Crippen LogP contribution in [0.15, 0.2) is 0 Å². The molecule has 0 bridgehead atoms. The maximum Gasteiger partial charge on any atom is 0.243 e. The first-order valence-corrected chi connectivity index (χ1v) is 10.8. The number of amides is 5. The molecule has 0 aromatic carbocycles. The second-order valence-corrected chi connectivity index (χ2v) is 9.17. The zero-order valence-corrected chi connectivity index (χ0v) is 19.3. The van der Waals surface area contributed by atoms with Crippen molar-refractivity contribution in [2.45, 2.75) is 72.5 Å². The highest BCUT2D eigenvalue weighted by Gasteiger charge is 2.32. The summed E-state index contributed by atoms with van der Waals surface area (Å²) < 4.78 is 0. The van der Waals surface area contributed by atoms with E-state index >= 15 is 0 Å². The number of hydrogen-bond acceptors (Lipinski definition) is 5. The van der Waals surface area contributed by atoms with E-state index in [0.29, 0.717) is 12.8 Å². The molecule has 1 saturated heterocycles. The fourth-order valence-corrected chi connectivity index (χ4v) is 3.23. The van der Waals surface area contributed by atoms with Gasteiger partial charge in [-0.2, -0.15) is 0 Å². The van der Waals surface area contributed by atoms with Crippen LogP contribution in [0.5, 0.6) is 0 Å². The molecule has 3 atom stereocenters. The SMILES string of the molecule is CC(C)C[C@@H]1NC(=O)CNC(=O)CNC(=O)[C@H](CC(C)C)NC(=O)[C@H](C(C)C)NC1=O. The minimum Gasteiger partial charge on any atom is -0.346 e. The van der Waals surface area contributed by atoms with E-state index in [9.17, 15) is 24.0 Å². The second kappa shape index (κ2) is 12.3. The number of hydrogen-bond donors (Lipinski definition) is 5. The molecule has 5 amide bonds. The predicted octanol–water partition coefficient (Wildman–Crippen LogP) is -0.565. The maximum atomic E-state index is 13.0. The average Bonchev–Trinajstić information content (AvgIpc) is 2.65. The summed E-state index contributed by atoms with van der Waals surface area (Å²) >= 11 is 0. The van der Waals surface area contributed by atoms with Gasteiger partial charge in [0, 0.05) is 0 Å². The molecule has 0 unspecified atom stereocenters. The van der Waals surface area contributed by atoms with E-state index in [1.165, 1.54) is 0 Å². The average molecular weight is 440 g/mol. The van der Waals surface area contributed by atoms with Gasteiger partial charge in [-0.25, -0.2) is 0 Å². The van der Waals surface area contributed by atoms with Crippen LogP contribution in [0.4, 0.5) is 0 Å². The molecule has 10 nitrogen and oxygen atoms in total. The van der Waals surface area contributed by atoms with Crippen molar-refractivity contribution in [1.82, 2.24) is 26.6 Å². The minimum absolute atomic E-state index is 0.108. The third-order valence-corrected chi connectivity index (χ3v) is 4.82. The lowest BCUT2D eigenvalue weighted by molar-refractivity contribution is -0.134. The van der Waals surface area contributed by atoms with Crippen molar-refractivity contribution in [3.63, 3.8) is 0 Å². The molecule has 1 heterocycles. The number of rotatable bonds is 5. The highest BCUT2D eigenvalue weighted by atomic mass is 16.2. The zero-order valence-electron chi connectivity index (χ0n) is 19.3. The Morgan fingerprint density at radius 3 is 1.68 bits per heavy atom. The van der Waals surface area contributed by atoms with Gasteiger partial charge in [-0.05, 0) is 30.6 Å². The second-order valence-electron chi connectivity index (χ2n) is 9.17. The molecular weight excluding hydrogens is 402 g/mol. The Hall–Kier alpha value is -2.65. The van der Waals surface area contributed by atoms with Crippen LogP contribution in [0.2, 0.25) is 0 Å². The molecule has 176 valence electrons. The smallest absolute Gasteiger partial charge is 0.243 e. The molecule has 5 N–H and O–H groups in total. The lowest BCUT2D eigenvalue weighted by atomic mass is 9.98. The van der Waals surface area contributed by atoms with Gasteiger partial charge in [0.15, 0.2) is 0 Å². The van der Waals surface area contributed by atoms with E-state index < -0.39 is 47.7 Å². The first kappa shape index (κ1) is 26.4. The number of nitrogens with one attached hydrogen (secondary N) is 5. The van der Waals surface area contributed by atoms with Crippen LogP contribution in [-0.2, 0) is 24.0 Å². The van der Waals surface area contributed by atoms with Crippen molar-refractivity contribution in [3.8, 4) is 0 Å². The summed E-state index contributed by atoms with van der Waals surface area (Å²) in [5, 5.41) is 13.0. The Bertz CT molecular complexity index is 669. The summed E-state index contributed by atoms with van der Waals surface area (Å²) in [5.74, 6) is -2.58. The summed E-state index contributed by atoms with van der Waals surface area (Å²) in [6.45, 7) is 10.6. The topological polar surface area (TPSA) is 146 Å². The summed E-state index contributed by atoms with van der Waals surface area (Å²) in [6.07, 6.45) is 0.738. The van der Waals surface area contributed by atoms with E-state index in [-0.39, 0.29) is 30.8 Å². The molecule has 10 heteroatoms. The van der Waals surface area contributed by atoms with Gasteiger partial charge >= 0.3 is 0 Å². The monoisotopic (exact) mass is 439 g/mol. The van der Waals surface area contributed by atoms with Gasteiger partial charge in [0.2, 0.25) is 29.5 Å². The van der Waals surface area contributed by atoms with Crippen molar-refractivity contribution in [3.05, 3.63) is 0 Å². The van der Waals surface area contributed by atoms with Crippen LogP contribution in [0, 0.1) is 17.8 Å². The van der Waals surface area contributed by atoms with Crippen molar-refractivity contribution >= 4 is 29.5 Å². The van der Waals surface area contributed by atoms with E-state index in [1.54, 1.807) is 13.8 Å². The third-order valence-electron chi connectivity index (χ3n) is 4.82. The molecule has 1 rings (SSSR count). The lowest BCUT2D eigenvalue weighted by Crippen LogP contribution is -2.58. The number of carbonyl (C=O) groups is 5. The molecule has 0 spiro atoms. The summed E-state index contributed by atoms with van der Waals surface area (Å²) in [7, 11) is 0. The van der Waals surface area contributed by atoms with E-state index in [0.717, 1.165) is 0 Å². The molecule has 1 fully saturated rings. The van der Waals surface area contributed by atoms with Gasteiger partial charge in [0.05, 0.1) is 13.1 Å². The minimum atomic E-state index is -0.883. The van der Waals surface area contributed by atoms with Gasteiger partial charge in [-0.3, -0.25) is 24.0 Å². The van der Waals surface area contributed by atoms with Crippen LogP contribution in [0.1, 0.15) is 54.4 Å². The summed E-state index contributed by atoms with van der Waals surface area (Å²) in [5.41, 5.74) is 0. The maximum absolute atomic E-state index is 13.0. The molecular formula is C21H37N5O5. The van der Waals surface area contributed by atoms with E-state index in [1.807, 2.05) is 27.7 Å². The van der Waals surface area contributed by atoms with E-state index in [2.05, 4.69) is 26.6 Å². The normalized spacial score (nSPS) is 24.7. The van der Waals surface area contributed by atoms with E-state index in [4.69, 9.17) is 0 Å². The largest absolute Gasteiger partial charge is 0.346 e. The van der Waals surface area contributed by atoms with Crippen molar-refractivity contribution < 1.29 is 24.0 Å². The first-order chi connectivity index (χ1) is 14.4. The standard InChI is InChI=1S/C21H37N5O5/c1-11(2)7-14-19(29)23-9-16(27)22-10-17(28)24-15(8-12(3)4)20(30)26-18(13(5)6)21(31)25-14/h11-15,18H,7-10H2,1-6H3,(H,22,27)(H,23,29)(H,24,28)(H,25,31)(H,26,30)/t14-,15-,18-/m0/s1. The lowest BCUT2D eigenvalue weighted by Gasteiger charge is -2.28. The van der Waals surface area contributed by atoms with Crippen LogP contribution in [0.3, 0.4) is 0 Å². The summed E-state index contributed by atoms with van der Waals surface area (Å²) in [4.78, 5) is 62.7. The molecule has 1 aliphatic rings. The zero-order chi connectivity index (χ0) is 23.7. The summed E-state index contributed by atoms with van der Waals surface area (Å²) in [6, 6.07) is -2.59. The Kier molecular flexibility index (Phi) is 10.4. The molecule has 0 radical (unpaired) electrons. The molecule has 0 saturated carbocycles. The Morgan fingerprint density at radius 1 is 0.645 bits per heavy atom. The van der Waals surface area contributed by atoms with Crippen molar-refractivity contribution in [2.24, 2.45) is 17.8 Å². The van der Waals surface area contributed by atoms with Crippen LogP contribution in [0.25, 0.3) is 0 Å². The molecule has 1 aliphatic heterocycles. The fraction of sp³-hybridized carbons (Fsp3) is 0.762. The fourth-order valence-electron chi connectivity index (χ4n) is 3.23. The van der Waals surface area contributed by atoms with Crippen LogP contribution < -0.4 is 26.6 Å². The van der Waals surface area contributed by atoms with Gasteiger partial charge in [-0.15, -0.1) is 0 Å². The van der Waals surface area contributed by atoms with Gasteiger partial charge in [0.25, 0.3) is 0 Å². The highest BCUT2D eigenvalue weighted by molar-refractivity contribution is 5.96. The van der Waals surface area contributed by atoms with Crippen LogP contribution >= 0.6 is 0 Å². The predicted molar refractivity (Wildman–Crippen MR) is 116 cm³/mol. The molecule has 31 heavy (non-hydrogen) atoms. The number of carbonyl (C=O) groups excluding carboxylic acids is 5. The highest BCUT2D eigenvalue weighted by Crippen LogP contribution is 2.10. The van der Waals surface area contributed by atoms with Gasteiger partial charge < -0.3 is 26.6 Å². The molecule has 0 aromatic rings. The Morgan fingerprint density at radius 2 is 1.16 bits per heavy atom. The first-order valence-electron chi connectivity index (χ1n) is 10.8. The van der Waals surface area contributed by atoms with Crippen molar-refractivity contribution in [2.75, 3.05) is 13.1 Å². The molecule has 0 aliphatic carbocycles. The van der Waals surface area contributed by atoms with Crippen molar-refractivity contribution in [1.29, 1.82) is 0 Å². The quantitative estimate of drug-likeness (QED) is 0.390. The van der Waals surface area contributed by atoms with Gasteiger partial charge in [0.1, 0.15) is 18.1 Å². The Balaban J connectivity index is 3.20. The van der Waals surface area contributed by atoms with Gasteiger partial charge in [-0.1, -0.05) is 41.5 Å². The third kappa shape index (κ3) is 9.35. The molecule has 0 aromatic heterocycles.